The number of halogens is 1. The van der Waals surface area contributed by atoms with Crippen molar-refractivity contribution < 1.29 is 4.79 Å². The second-order valence-corrected chi connectivity index (χ2v) is 9.42. The van der Waals surface area contributed by atoms with E-state index in [4.69, 9.17) is 17.3 Å². The van der Waals surface area contributed by atoms with Crippen LogP contribution in [0.2, 0.25) is 5.02 Å². The zero-order chi connectivity index (χ0) is 25.8. The van der Waals surface area contributed by atoms with Crippen LogP contribution in [-0.2, 0) is 6.54 Å². The summed E-state index contributed by atoms with van der Waals surface area (Å²) in [5.74, 6) is 6.22. The minimum absolute atomic E-state index is 0.289. The summed E-state index contributed by atoms with van der Waals surface area (Å²) in [6.45, 7) is 4.92. The zero-order valence-corrected chi connectivity index (χ0v) is 21.2. The van der Waals surface area contributed by atoms with Gasteiger partial charge in [-0.3, -0.25) is 19.7 Å². The number of piperazine rings is 1. The molecule has 1 aliphatic heterocycles. The number of nitrogens with zero attached hydrogens (tertiary/aromatic N) is 5. The van der Waals surface area contributed by atoms with Gasteiger partial charge >= 0.3 is 0 Å². The highest BCUT2D eigenvalue weighted by Gasteiger charge is 2.16. The number of carbonyl (C=O) groups excluding carboxylic acids is 1. The van der Waals surface area contributed by atoms with E-state index in [0.717, 1.165) is 43.7 Å². The van der Waals surface area contributed by atoms with Crippen LogP contribution in [0, 0.1) is 11.8 Å². The molecule has 3 N–H and O–H groups in total. The number of anilines is 2. The third-order valence-corrected chi connectivity index (χ3v) is 6.67. The van der Waals surface area contributed by atoms with Gasteiger partial charge in [0.15, 0.2) is 0 Å². The first-order valence-corrected chi connectivity index (χ1v) is 12.3. The molecular weight excluding hydrogens is 486 g/mol. The lowest BCUT2D eigenvalue weighted by atomic mass is 10.1. The number of rotatable bonds is 4. The van der Waals surface area contributed by atoms with Gasteiger partial charge in [0.25, 0.3) is 5.91 Å². The van der Waals surface area contributed by atoms with Crippen molar-refractivity contribution in [3.63, 3.8) is 0 Å². The number of nitrogens with two attached hydrogens (primary N) is 1. The van der Waals surface area contributed by atoms with Crippen molar-refractivity contribution in [1.29, 1.82) is 0 Å². The zero-order valence-electron chi connectivity index (χ0n) is 20.4. The average molecular weight is 512 g/mol. The van der Waals surface area contributed by atoms with Crippen LogP contribution in [0.25, 0.3) is 10.9 Å². The molecule has 9 heteroatoms. The summed E-state index contributed by atoms with van der Waals surface area (Å²) in [5, 5.41) is 4.35. The first-order chi connectivity index (χ1) is 18.0. The van der Waals surface area contributed by atoms with Crippen molar-refractivity contribution in [1.82, 2.24) is 24.8 Å². The van der Waals surface area contributed by atoms with Gasteiger partial charge in [-0.1, -0.05) is 29.5 Å². The van der Waals surface area contributed by atoms with Gasteiger partial charge in [-0.25, -0.2) is 4.98 Å². The molecule has 0 saturated carbocycles. The number of carbonyl (C=O) groups is 1. The highest BCUT2D eigenvalue weighted by molar-refractivity contribution is 6.31. The van der Waals surface area contributed by atoms with E-state index in [-0.39, 0.29) is 5.91 Å². The first kappa shape index (κ1) is 24.7. The molecule has 1 amide bonds. The molecule has 186 valence electrons. The van der Waals surface area contributed by atoms with Crippen LogP contribution < -0.4 is 11.1 Å². The Balaban J connectivity index is 1.28. The van der Waals surface area contributed by atoms with Gasteiger partial charge < -0.3 is 16.0 Å². The van der Waals surface area contributed by atoms with Gasteiger partial charge in [-0.05, 0) is 42.9 Å². The molecule has 1 aromatic carbocycles. The highest BCUT2D eigenvalue weighted by atomic mass is 35.5. The van der Waals surface area contributed by atoms with E-state index in [1.165, 1.54) is 6.20 Å². The molecule has 8 nitrogen and oxygen atoms in total. The molecule has 4 aromatic rings. The number of likely N-dealkylation sites (N-methyl/N-ethyl adjacent to an activating group) is 1. The number of fused-ring (bicyclic) bond motifs is 1. The Hall–Kier alpha value is -4.03. The molecule has 0 bridgehead atoms. The number of nitrogen functional groups attached to an aromatic ring is 1. The maximum Gasteiger partial charge on any atom is 0.257 e. The number of benzene rings is 1. The molecule has 1 aliphatic rings. The lowest BCUT2D eigenvalue weighted by Crippen LogP contribution is -2.43. The lowest BCUT2D eigenvalue weighted by Gasteiger charge is -2.32. The molecule has 5 rings (SSSR count). The van der Waals surface area contributed by atoms with E-state index < -0.39 is 0 Å². The van der Waals surface area contributed by atoms with Gasteiger partial charge in [0, 0.05) is 79.2 Å². The summed E-state index contributed by atoms with van der Waals surface area (Å²) in [7, 11) is 2.14. The predicted molar refractivity (Wildman–Crippen MR) is 146 cm³/mol. The Kier molecular flexibility index (Phi) is 7.28. The fourth-order valence-corrected chi connectivity index (χ4v) is 4.41. The largest absolute Gasteiger partial charge is 0.382 e. The first-order valence-electron chi connectivity index (χ1n) is 11.9. The molecule has 1 fully saturated rings. The standard InChI is InChI=1S/C28H26ClN7O/c1-35-9-11-36(12-10-35)18-21-6-7-23(14-25(21)29)34-28(37)22-13-19(15-31-16-22)4-5-20-17-33-27(30)26-24(20)3-2-8-32-26/h2-3,6-8,13-17H,9-12,18H2,1H3,(H2,30,33)(H,34,37). The SMILES string of the molecule is CN1CCN(Cc2ccc(NC(=O)c3cncc(C#Cc4cnc(N)c5ncccc45)c3)cc2Cl)CC1. The molecule has 37 heavy (non-hydrogen) atoms. The maximum absolute atomic E-state index is 12.9. The third-order valence-electron chi connectivity index (χ3n) is 6.32. The van der Waals surface area contributed by atoms with Crippen LogP contribution in [0.4, 0.5) is 11.5 Å². The van der Waals surface area contributed by atoms with Crippen molar-refractivity contribution >= 4 is 39.9 Å². The van der Waals surface area contributed by atoms with E-state index >= 15 is 0 Å². The van der Waals surface area contributed by atoms with Crippen LogP contribution in [0.1, 0.15) is 27.0 Å². The van der Waals surface area contributed by atoms with Gasteiger partial charge in [-0.15, -0.1) is 0 Å². The Bertz CT molecular complexity index is 1520. The molecule has 4 heterocycles. The number of hydrogen-bond donors (Lipinski definition) is 2. The van der Waals surface area contributed by atoms with Crippen LogP contribution in [0.15, 0.2) is 61.2 Å². The van der Waals surface area contributed by atoms with Gasteiger partial charge in [0.2, 0.25) is 0 Å². The van der Waals surface area contributed by atoms with Crippen molar-refractivity contribution in [3.05, 3.63) is 88.5 Å². The number of aromatic nitrogens is 3. The van der Waals surface area contributed by atoms with Crippen molar-refractivity contribution in [3.8, 4) is 11.8 Å². The molecule has 0 radical (unpaired) electrons. The predicted octanol–water partition coefficient (Wildman–Crippen LogP) is 3.66. The molecule has 3 aromatic heterocycles. The molecule has 0 aliphatic carbocycles. The molecular formula is C28H26ClN7O. The smallest absolute Gasteiger partial charge is 0.257 e. The monoisotopic (exact) mass is 511 g/mol. The van der Waals surface area contributed by atoms with Crippen molar-refractivity contribution in [2.24, 2.45) is 0 Å². The summed E-state index contributed by atoms with van der Waals surface area (Å²) in [6, 6.07) is 11.0. The fraction of sp³-hybridized carbons (Fsp3) is 0.214. The van der Waals surface area contributed by atoms with E-state index in [1.54, 1.807) is 30.7 Å². The Morgan fingerprint density at radius 1 is 1.08 bits per heavy atom. The van der Waals surface area contributed by atoms with Crippen LogP contribution in [-0.4, -0.2) is 63.9 Å². The molecule has 0 spiro atoms. The Morgan fingerprint density at radius 2 is 1.92 bits per heavy atom. The van der Waals surface area contributed by atoms with Crippen LogP contribution in [0.3, 0.4) is 0 Å². The Labute approximate surface area is 220 Å². The normalized spacial score (nSPS) is 14.2. The van der Waals surface area contributed by atoms with Gasteiger partial charge in [-0.2, -0.15) is 0 Å². The molecule has 0 atom stereocenters. The van der Waals surface area contributed by atoms with Gasteiger partial charge in [0.1, 0.15) is 11.3 Å². The van der Waals surface area contributed by atoms with Crippen molar-refractivity contribution in [2.45, 2.75) is 6.54 Å². The lowest BCUT2D eigenvalue weighted by molar-refractivity contribution is 0.102. The topological polar surface area (TPSA) is 100 Å². The van der Waals surface area contributed by atoms with Crippen LogP contribution in [0.5, 0.6) is 0 Å². The minimum atomic E-state index is -0.289. The fourth-order valence-electron chi connectivity index (χ4n) is 4.17. The van der Waals surface area contributed by atoms with E-state index in [2.05, 4.69) is 49.0 Å². The number of hydrogen-bond acceptors (Lipinski definition) is 7. The number of amides is 1. The molecule has 1 saturated heterocycles. The second-order valence-electron chi connectivity index (χ2n) is 9.01. The van der Waals surface area contributed by atoms with E-state index in [1.807, 2.05) is 24.3 Å². The van der Waals surface area contributed by atoms with E-state index in [0.29, 0.717) is 38.7 Å². The second kappa shape index (κ2) is 10.9. The quantitative estimate of drug-likeness (QED) is 0.403. The third kappa shape index (κ3) is 5.87. The minimum Gasteiger partial charge on any atom is -0.382 e. The number of nitrogens with one attached hydrogen (secondary N) is 1. The van der Waals surface area contributed by atoms with Gasteiger partial charge in [0.05, 0.1) is 11.1 Å². The number of pyridine rings is 3. The van der Waals surface area contributed by atoms with Crippen molar-refractivity contribution in [2.75, 3.05) is 44.3 Å². The summed E-state index contributed by atoms with van der Waals surface area (Å²) in [6.07, 6.45) is 6.40. The summed E-state index contributed by atoms with van der Waals surface area (Å²) < 4.78 is 0. The van der Waals surface area contributed by atoms with Crippen LogP contribution >= 0.6 is 11.6 Å². The average Bonchev–Trinajstić information content (AvgIpc) is 2.91. The van der Waals surface area contributed by atoms with E-state index in [9.17, 15) is 4.79 Å². The summed E-state index contributed by atoms with van der Waals surface area (Å²) in [4.78, 5) is 30.3. The summed E-state index contributed by atoms with van der Waals surface area (Å²) in [5.41, 5.74) is 9.89. The maximum atomic E-state index is 12.9. The Morgan fingerprint density at radius 3 is 2.73 bits per heavy atom. The summed E-state index contributed by atoms with van der Waals surface area (Å²) >= 11 is 6.55. The molecule has 0 unspecified atom stereocenters. The highest BCUT2D eigenvalue weighted by Crippen LogP contribution is 2.24.